The largest absolute Gasteiger partial charge is 0.489 e. The van der Waals surface area contributed by atoms with Crippen LogP contribution in [0.2, 0.25) is 10.0 Å². The Balaban J connectivity index is 1.80. The lowest BCUT2D eigenvalue weighted by Crippen LogP contribution is -2.32. The zero-order valence-electron chi connectivity index (χ0n) is 15.0. The number of ketones is 1. The number of pyridine rings is 1. The minimum absolute atomic E-state index is 0.0591. The van der Waals surface area contributed by atoms with Gasteiger partial charge in [0.05, 0.1) is 17.1 Å². The van der Waals surface area contributed by atoms with Gasteiger partial charge in [-0.25, -0.2) is 0 Å². The van der Waals surface area contributed by atoms with Gasteiger partial charge in [0.1, 0.15) is 11.9 Å². The van der Waals surface area contributed by atoms with E-state index in [1.165, 1.54) is 0 Å². The lowest BCUT2D eigenvalue weighted by molar-refractivity contribution is -0.118. The monoisotopic (exact) mass is 410 g/mol. The standard InChI is InChI=1S/C22H16Cl2N2O2/c1-11-9-18(27)20-21(13-5-4-12(23)10-15(13)24)26-17-7-6-16-14(3-2-8-25-16)19(17)22(20)28-11/h2-8,10-11,21,26H,9H2,1H3/t11-,21-/m0/s1. The van der Waals surface area contributed by atoms with Crippen LogP contribution in [-0.4, -0.2) is 16.9 Å². The molecule has 2 atom stereocenters. The molecule has 0 saturated heterocycles. The Kier molecular flexibility index (Phi) is 4.07. The minimum Gasteiger partial charge on any atom is -0.489 e. The van der Waals surface area contributed by atoms with Crippen molar-refractivity contribution < 1.29 is 9.53 Å². The first-order valence-corrected chi connectivity index (χ1v) is 9.82. The Morgan fingerprint density at radius 3 is 2.86 bits per heavy atom. The van der Waals surface area contributed by atoms with Gasteiger partial charge in [0, 0.05) is 39.3 Å². The molecule has 3 aromatic rings. The van der Waals surface area contributed by atoms with E-state index in [1.54, 1.807) is 18.3 Å². The summed E-state index contributed by atoms with van der Waals surface area (Å²) in [5, 5.41) is 5.50. The Hall–Kier alpha value is -2.56. The molecule has 28 heavy (non-hydrogen) atoms. The Labute approximate surface area is 172 Å². The second-order valence-corrected chi connectivity index (χ2v) is 7.94. The van der Waals surface area contributed by atoms with Crippen LogP contribution in [0.4, 0.5) is 5.69 Å². The maximum Gasteiger partial charge on any atom is 0.168 e. The molecule has 0 bridgehead atoms. The third-order valence-corrected chi connectivity index (χ3v) is 5.77. The van der Waals surface area contributed by atoms with E-state index in [0.29, 0.717) is 27.8 Å². The van der Waals surface area contributed by atoms with Crippen LogP contribution in [0.5, 0.6) is 0 Å². The molecule has 2 aliphatic heterocycles. The molecule has 6 heteroatoms. The quantitative estimate of drug-likeness (QED) is 0.550. The molecule has 0 aliphatic carbocycles. The fourth-order valence-corrected chi connectivity index (χ4v) is 4.52. The molecule has 0 fully saturated rings. The Bertz CT molecular complexity index is 1170. The van der Waals surface area contributed by atoms with E-state index >= 15 is 0 Å². The van der Waals surface area contributed by atoms with Gasteiger partial charge >= 0.3 is 0 Å². The van der Waals surface area contributed by atoms with Crippen LogP contribution >= 0.6 is 23.2 Å². The molecule has 4 nitrogen and oxygen atoms in total. The van der Waals surface area contributed by atoms with Gasteiger partial charge < -0.3 is 10.1 Å². The highest BCUT2D eigenvalue weighted by Crippen LogP contribution is 2.48. The summed E-state index contributed by atoms with van der Waals surface area (Å²) in [5.41, 5.74) is 4.01. The number of rotatable bonds is 1. The van der Waals surface area contributed by atoms with Crippen LogP contribution in [-0.2, 0) is 9.53 Å². The summed E-state index contributed by atoms with van der Waals surface area (Å²) >= 11 is 12.6. The number of carbonyl (C=O) groups excluding carboxylic acids is 1. The summed E-state index contributed by atoms with van der Waals surface area (Å²) in [6.45, 7) is 1.91. The second-order valence-electron chi connectivity index (χ2n) is 7.10. The van der Waals surface area contributed by atoms with Gasteiger partial charge in [-0.2, -0.15) is 0 Å². The summed E-state index contributed by atoms with van der Waals surface area (Å²) < 4.78 is 6.23. The van der Waals surface area contributed by atoms with E-state index in [0.717, 1.165) is 27.7 Å². The molecule has 0 unspecified atom stereocenters. The van der Waals surface area contributed by atoms with Crippen LogP contribution in [0.3, 0.4) is 0 Å². The first-order valence-electron chi connectivity index (χ1n) is 9.06. The SMILES string of the molecule is C[C@H]1CC(=O)C2=C(O1)c1c(ccc3ncccc13)N[C@H]2c1ccc(Cl)cc1Cl. The van der Waals surface area contributed by atoms with Gasteiger partial charge in [-0.1, -0.05) is 35.3 Å². The molecule has 2 aliphatic rings. The van der Waals surface area contributed by atoms with Crippen molar-refractivity contribution >= 4 is 51.3 Å². The topological polar surface area (TPSA) is 51.2 Å². The number of hydrogen-bond acceptors (Lipinski definition) is 4. The van der Waals surface area contributed by atoms with Gasteiger partial charge in [-0.3, -0.25) is 9.78 Å². The molecule has 1 N–H and O–H groups in total. The molecule has 0 radical (unpaired) electrons. The molecule has 0 saturated carbocycles. The van der Waals surface area contributed by atoms with Gasteiger partial charge in [0.25, 0.3) is 0 Å². The number of ether oxygens (including phenoxy) is 1. The smallest absolute Gasteiger partial charge is 0.168 e. The van der Waals surface area contributed by atoms with Crippen LogP contribution in [0.25, 0.3) is 16.7 Å². The van der Waals surface area contributed by atoms with E-state index in [9.17, 15) is 4.79 Å². The number of carbonyl (C=O) groups is 1. The average molecular weight is 411 g/mol. The number of nitrogens with zero attached hydrogens (tertiary/aromatic N) is 1. The summed E-state index contributed by atoms with van der Waals surface area (Å²) in [7, 11) is 0. The number of anilines is 1. The normalized spacial score (nSPS) is 21.0. The van der Waals surface area contributed by atoms with Crippen LogP contribution in [0, 0.1) is 0 Å². The van der Waals surface area contributed by atoms with E-state index in [-0.39, 0.29) is 11.9 Å². The van der Waals surface area contributed by atoms with Crippen molar-refractivity contribution in [3.63, 3.8) is 0 Å². The highest BCUT2D eigenvalue weighted by atomic mass is 35.5. The molecule has 0 spiro atoms. The van der Waals surface area contributed by atoms with Crippen LogP contribution in [0.15, 0.2) is 54.2 Å². The summed E-state index contributed by atoms with van der Waals surface area (Å²) in [6.07, 6.45) is 1.90. The second kappa shape index (κ2) is 6.50. The molecular weight excluding hydrogens is 395 g/mol. The predicted octanol–water partition coefficient (Wildman–Crippen LogP) is 5.80. The summed E-state index contributed by atoms with van der Waals surface area (Å²) in [5.74, 6) is 0.677. The summed E-state index contributed by atoms with van der Waals surface area (Å²) in [6, 6.07) is 12.7. The number of fused-ring (bicyclic) bond motifs is 4. The lowest BCUT2D eigenvalue weighted by atomic mass is 9.84. The molecule has 0 amide bonds. The predicted molar refractivity (Wildman–Crippen MR) is 112 cm³/mol. The maximum atomic E-state index is 13.1. The van der Waals surface area contributed by atoms with Crippen molar-refractivity contribution in [2.24, 2.45) is 0 Å². The van der Waals surface area contributed by atoms with Crippen molar-refractivity contribution in [2.75, 3.05) is 5.32 Å². The molecule has 2 aromatic carbocycles. The molecule has 5 rings (SSSR count). The molecule has 3 heterocycles. The first kappa shape index (κ1) is 17.5. The lowest BCUT2D eigenvalue weighted by Gasteiger charge is -2.36. The number of halogens is 2. The number of aromatic nitrogens is 1. The van der Waals surface area contributed by atoms with Gasteiger partial charge in [-0.05, 0) is 42.8 Å². The van der Waals surface area contributed by atoms with E-state index in [2.05, 4.69) is 10.3 Å². The van der Waals surface area contributed by atoms with Crippen molar-refractivity contribution in [1.82, 2.24) is 4.98 Å². The van der Waals surface area contributed by atoms with Crippen molar-refractivity contribution in [3.8, 4) is 0 Å². The van der Waals surface area contributed by atoms with Crippen molar-refractivity contribution in [3.05, 3.63) is 75.4 Å². The summed E-state index contributed by atoms with van der Waals surface area (Å²) in [4.78, 5) is 17.5. The number of benzene rings is 2. The fraction of sp³-hybridized carbons (Fsp3) is 0.182. The van der Waals surface area contributed by atoms with Crippen LogP contribution < -0.4 is 5.32 Å². The van der Waals surface area contributed by atoms with Crippen LogP contribution in [0.1, 0.15) is 30.5 Å². The first-order chi connectivity index (χ1) is 13.5. The van der Waals surface area contributed by atoms with Crippen molar-refractivity contribution in [2.45, 2.75) is 25.5 Å². The number of Topliss-reactive ketones (excluding diaryl/α,β-unsaturated/α-hetero) is 1. The minimum atomic E-state index is -0.401. The maximum absolute atomic E-state index is 13.1. The van der Waals surface area contributed by atoms with Gasteiger partial charge in [0.15, 0.2) is 5.78 Å². The van der Waals surface area contributed by atoms with Gasteiger partial charge in [0.2, 0.25) is 0 Å². The molecular formula is C22H16Cl2N2O2. The van der Waals surface area contributed by atoms with E-state index in [1.807, 2.05) is 37.3 Å². The number of nitrogens with one attached hydrogen (secondary N) is 1. The number of hydrogen-bond donors (Lipinski definition) is 1. The molecule has 140 valence electrons. The van der Waals surface area contributed by atoms with E-state index in [4.69, 9.17) is 27.9 Å². The third kappa shape index (κ3) is 2.67. The average Bonchev–Trinajstić information content (AvgIpc) is 2.66. The highest BCUT2D eigenvalue weighted by molar-refractivity contribution is 6.35. The highest BCUT2D eigenvalue weighted by Gasteiger charge is 2.39. The van der Waals surface area contributed by atoms with E-state index < -0.39 is 6.04 Å². The zero-order chi connectivity index (χ0) is 19.4. The Morgan fingerprint density at radius 1 is 1.18 bits per heavy atom. The van der Waals surface area contributed by atoms with Crippen molar-refractivity contribution in [1.29, 1.82) is 0 Å². The fourth-order valence-electron chi connectivity index (χ4n) is 4.00. The zero-order valence-corrected chi connectivity index (χ0v) is 16.5. The Morgan fingerprint density at radius 2 is 2.04 bits per heavy atom. The molecule has 1 aromatic heterocycles. The van der Waals surface area contributed by atoms with Gasteiger partial charge in [-0.15, -0.1) is 0 Å². The third-order valence-electron chi connectivity index (χ3n) is 5.21.